The lowest BCUT2D eigenvalue weighted by atomic mass is 9.97. The first-order valence-corrected chi connectivity index (χ1v) is 40.4. The van der Waals surface area contributed by atoms with Crippen molar-refractivity contribution in [2.75, 3.05) is 19.8 Å². The van der Waals surface area contributed by atoms with Crippen molar-refractivity contribution in [2.24, 2.45) is 0 Å². The van der Waals surface area contributed by atoms with Gasteiger partial charge in [0.05, 0.1) is 32.0 Å². The lowest BCUT2D eigenvalue weighted by Gasteiger charge is -2.46. The fourth-order valence-electron chi connectivity index (χ4n) is 12.5. The van der Waals surface area contributed by atoms with E-state index < -0.39 is 86.8 Å². The molecule has 14 heteroatoms. The van der Waals surface area contributed by atoms with Crippen LogP contribution in [0.25, 0.3) is 0 Å². The van der Waals surface area contributed by atoms with Crippen LogP contribution in [-0.2, 0) is 23.7 Å². The van der Waals surface area contributed by atoms with Crippen LogP contribution in [0.4, 0.5) is 0 Å². The van der Waals surface area contributed by atoms with Gasteiger partial charge in [0.25, 0.3) is 0 Å². The van der Waals surface area contributed by atoms with Crippen LogP contribution in [0.5, 0.6) is 0 Å². The van der Waals surface area contributed by atoms with Crippen molar-refractivity contribution < 1.29 is 64.6 Å². The van der Waals surface area contributed by atoms with Crippen molar-refractivity contribution in [2.45, 2.75) is 383 Å². The van der Waals surface area contributed by atoms with Crippen molar-refractivity contribution in [1.29, 1.82) is 0 Å². The number of nitrogens with one attached hydrogen (secondary N) is 1. The van der Waals surface area contributed by atoms with Gasteiger partial charge in [-0.25, -0.2) is 0 Å². The maximum atomic E-state index is 13.4. The highest BCUT2D eigenvalue weighted by Crippen LogP contribution is 2.30. The summed E-state index contributed by atoms with van der Waals surface area (Å²) < 4.78 is 22.9. The van der Waals surface area contributed by atoms with Crippen molar-refractivity contribution >= 4 is 5.91 Å². The third-order valence-corrected chi connectivity index (χ3v) is 18.8. The van der Waals surface area contributed by atoms with Gasteiger partial charge in [0.15, 0.2) is 12.6 Å². The Labute approximate surface area is 609 Å². The molecule has 14 nitrogen and oxygen atoms in total. The van der Waals surface area contributed by atoms with E-state index in [1.54, 1.807) is 6.08 Å². The largest absolute Gasteiger partial charge is 0.394 e. The van der Waals surface area contributed by atoms with Crippen LogP contribution in [0, 0.1) is 0 Å². The van der Waals surface area contributed by atoms with Crippen molar-refractivity contribution in [3.05, 3.63) is 134 Å². The van der Waals surface area contributed by atoms with E-state index in [4.69, 9.17) is 18.9 Å². The monoisotopic (exact) mass is 1400 g/mol. The van der Waals surface area contributed by atoms with Crippen LogP contribution in [0.3, 0.4) is 0 Å². The van der Waals surface area contributed by atoms with Crippen LogP contribution >= 0.6 is 0 Å². The number of aliphatic hydroxyl groups is 8. The Balaban J connectivity index is 1.66. The summed E-state index contributed by atoms with van der Waals surface area (Å²) in [6.07, 6.45) is 85.3. The Hall–Kier alpha value is -3.87. The molecular weight excluding hydrogens is 1250 g/mol. The molecule has 0 bridgehead atoms. The van der Waals surface area contributed by atoms with Crippen LogP contribution in [0.2, 0.25) is 0 Å². The molecule has 2 fully saturated rings. The molecule has 1 amide bonds. The quantitative estimate of drug-likeness (QED) is 0.0204. The molecule has 2 heterocycles. The van der Waals surface area contributed by atoms with E-state index in [0.717, 1.165) is 103 Å². The molecule has 12 atom stereocenters. The molecule has 9 N–H and O–H groups in total. The van der Waals surface area contributed by atoms with E-state index in [0.29, 0.717) is 12.8 Å². The molecule has 12 unspecified atom stereocenters. The fraction of sp³-hybridized carbons (Fsp3) is 0.733. The highest BCUT2D eigenvalue weighted by Gasteiger charge is 2.51. The molecule has 2 saturated heterocycles. The molecule has 2 aliphatic heterocycles. The number of hydrogen-bond donors (Lipinski definition) is 9. The zero-order chi connectivity index (χ0) is 72.2. The van der Waals surface area contributed by atoms with Gasteiger partial charge in [-0.15, -0.1) is 0 Å². The molecule has 0 aromatic heterocycles. The zero-order valence-electron chi connectivity index (χ0n) is 62.9. The molecule has 0 radical (unpaired) electrons. The van der Waals surface area contributed by atoms with E-state index >= 15 is 0 Å². The summed E-state index contributed by atoms with van der Waals surface area (Å²) >= 11 is 0. The van der Waals surface area contributed by atoms with Gasteiger partial charge in [0.1, 0.15) is 48.8 Å². The van der Waals surface area contributed by atoms with Crippen LogP contribution in [-0.4, -0.2) is 140 Å². The topological polar surface area (TPSA) is 228 Å². The van der Waals surface area contributed by atoms with Gasteiger partial charge in [-0.2, -0.15) is 0 Å². The average molecular weight is 1400 g/mol. The highest BCUT2D eigenvalue weighted by atomic mass is 16.7. The lowest BCUT2D eigenvalue weighted by molar-refractivity contribution is -0.359. The van der Waals surface area contributed by atoms with Crippen LogP contribution < -0.4 is 5.32 Å². The summed E-state index contributed by atoms with van der Waals surface area (Å²) in [7, 11) is 0. The second kappa shape index (κ2) is 68.3. The van der Waals surface area contributed by atoms with E-state index in [2.05, 4.69) is 141 Å². The Morgan fingerprint density at radius 1 is 0.370 bits per heavy atom. The number of hydrogen-bond acceptors (Lipinski definition) is 13. The minimum Gasteiger partial charge on any atom is -0.394 e. The standard InChI is InChI=1S/C86H147NO13/c1-3-5-7-9-11-13-15-17-19-21-23-25-27-29-31-33-35-37-39-41-43-45-47-49-51-53-55-57-59-61-63-65-67-69-75(90)74(73-97-85-83(96)81(94)84(77(72-89)99-85)100-86-82(95)80(93)79(92)76(71-88)98-86)87-78(91)70-68-66-64-62-60-58-56-54-52-50-48-46-44-42-40-38-36-34-32-30-28-26-24-22-20-18-16-14-12-10-8-6-4-2/h6,8,12,14,18,20,24,26,30,32,36,38,42,44,48,50,54,56,59,61,67,69,74-77,79-86,88-90,92-96H,3-5,7,9-11,13,15-17,19,21-23,25,27-29,31,33-35,37,39-41,43,45-47,49,51-53,55,57-58,60,62-66,68,70-73H2,1-2H3,(H,87,91)/b8-6-,14-12-,20-18-,26-24-,32-30-,38-36-,44-42-,50-48-,56-54-,61-59+,69-67+. The maximum absolute atomic E-state index is 13.4. The van der Waals surface area contributed by atoms with E-state index in [9.17, 15) is 45.6 Å². The number of ether oxygens (including phenoxy) is 4. The molecule has 0 aromatic carbocycles. The SMILES string of the molecule is CC/C=C\C/C=C\C/C=C\C/C=C\C/C=C\C/C=C\C/C=C\C/C=C\C/C=C\CCCCCCCC(=O)NC(COC1OC(CO)C(OC2OC(CO)C(O)C(O)C2O)C(O)C1O)C(O)/C=C/CC/C=C/CCCCCCCCCCCCCCCCCCCCCCCCCCCCC. The van der Waals surface area contributed by atoms with Gasteiger partial charge in [0.2, 0.25) is 5.91 Å². The fourth-order valence-corrected chi connectivity index (χ4v) is 12.5. The van der Waals surface area contributed by atoms with Crippen LogP contribution in [0.15, 0.2) is 134 Å². The Morgan fingerprint density at radius 3 is 1.10 bits per heavy atom. The number of aliphatic hydroxyl groups excluding tert-OH is 8. The molecule has 0 saturated carbocycles. The average Bonchev–Trinajstić information content (AvgIpc) is 0.791. The summed E-state index contributed by atoms with van der Waals surface area (Å²) in [5.74, 6) is -0.270. The minimum absolute atomic E-state index is 0.242. The third kappa shape index (κ3) is 50.5. The molecule has 2 rings (SSSR count). The number of allylic oxidation sites excluding steroid dienone is 21. The summed E-state index contributed by atoms with van der Waals surface area (Å²) in [6, 6.07) is -0.955. The van der Waals surface area contributed by atoms with Crippen molar-refractivity contribution in [1.82, 2.24) is 5.32 Å². The molecule has 100 heavy (non-hydrogen) atoms. The summed E-state index contributed by atoms with van der Waals surface area (Å²) in [4.78, 5) is 13.4. The molecule has 0 aromatic rings. The van der Waals surface area contributed by atoms with E-state index in [1.807, 2.05) is 6.08 Å². The van der Waals surface area contributed by atoms with Crippen LogP contribution in [0.1, 0.15) is 309 Å². The van der Waals surface area contributed by atoms with E-state index in [1.165, 1.54) is 173 Å². The molecule has 0 spiro atoms. The first kappa shape index (κ1) is 92.2. The van der Waals surface area contributed by atoms with Gasteiger partial charge < -0.3 is 65.1 Å². The Kier molecular flexibility index (Phi) is 62.9. The van der Waals surface area contributed by atoms with Gasteiger partial charge in [-0.3, -0.25) is 4.79 Å². The summed E-state index contributed by atoms with van der Waals surface area (Å²) in [6.45, 7) is 2.68. The van der Waals surface area contributed by atoms with Crippen molar-refractivity contribution in [3.63, 3.8) is 0 Å². The number of carbonyl (C=O) groups excluding carboxylic acids is 1. The lowest BCUT2D eigenvalue weighted by Crippen LogP contribution is -2.65. The third-order valence-electron chi connectivity index (χ3n) is 18.8. The second-order valence-corrected chi connectivity index (χ2v) is 27.8. The normalized spacial score (nSPS) is 22.6. The number of unbranched alkanes of at least 4 members (excludes halogenated alkanes) is 33. The minimum atomic E-state index is -1.80. The number of carbonyl (C=O) groups is 1. The summed E-state index contributed by atoms with van der Waals surface area (Å²) in [5, 5.41) is 87.7. The smallest absolute Gasteiger partial charge is 0.220 e. The molecule has 0 aliphatic carbocycles. The van der Waals surface area contributed by atoms with Gasteiger partial charge >= 0.3 is 0 Å². The van der Waals surface area contributed by atoms with Gasteiger partial charge in [-0.05, 0) is 103 Å². The predicted octanol–water partition coefficient (Wildman–Crippen LogP) is 18.6. The Morgan fingerprint density at radius 2 is 0.700 bits per heavy atom. The number of rotatable bonds is 66. The predicted molar refractivity (Wildman–Crippen MR) is 415 cm³/mol. The first-order valence-electron chi connectivity index (χ1n) is 40.4. The van der Waals surface area contributed by atoms with E-state index in [-0.39, 0.29) is 18.9 Å². The second-order valence-electron chi connectivity index (χ2n) is 27.8. The van der Waals surface area contributed by atoms with Gasteiger partial charge in [-0.1, -0.05) is 334 Å². The zero-order valence-corrected chi connectivity index (χ0v) is 62.9. The van der Waals surface area contributed by atoms with Crippen molar-refractivity contribution in [3.8, 4) is 0 Å². The molecular formula is C86H147NO13. The highest BCUT2D eigenvalue weighted by molar-refractivity contribution is 5.76. The molecule has 574 valence electrons. The molecule has 2 aliphatic rings. The Bertz CT molecular complexity index is 2200. The maximum Gasteiger partial charge on any atom is 0.220 e. The number of amides is 1. The summed E-state index contributed by atoms with van der Waals surface area (Å²) in [5.41, 5.74) is 0. The first-order chi connectivity index (χ1) is 49.1. The van der Waals surface area contributed by atoms with Gasteiger partial charge in [0, 0.05) is 6.42 Å².